The van der Waals surface area contributed by atoms with Gasteiger partial charge in [0.1, 0.15) is 6.10 Å². The molecule has 0 radical (unpaired) electrons. The van der Waals surface area contributed by atoms with Gasteiger partial charge in [0.2, 0.25) is 0 Å². The normalized spacial score (nSPS) is 16.7. The summed E-state index contributed by atoms with van der Waals surface area (Å²) in [7, 11) is 0. The zero-order valence-electron chi connectivity index (χ0n) is 8.41. The van der Waals surface area contributed by atoms with Crippen molar-refractivity contribution in [2.45, 2.75) is 39.9 Å². The van der Waals surface area contributed by atoms with Crippen molar-refractivity contribution in [3.63, 3.8) is 0 Å². The molecule has 0 unspecified atom stereocenters. The van der Waals surface area contributed by atoms with Crippen LogP contribution in [0.2, 0.25) is 0 Å². The molecule has 0 rings (SSSR count). The van der Waals surface area contributed by atoms with E-state index in [1.54, 1.807) is 0 Å². The van der Waals surface area contributed by atoms with E-state index in [0.29, 0.717) is 5.57 Å². The quantitative estimate of drug-likeness (QED) is 0.632. The van der Waals surface area contributed by atoms with Crippen molar-refractivity contribution in [2.24, 2.45) is 11.8 Å². The van der Waals surface area contributed by atoms with E-state index in [0.717, 1.165) is 0 Å². The third kappa shape index (κ3) is 2.95. The second kappa shape index (κ2) is 4.63. The van der Waals surface area contributed by atoms with Gasteiger partial charge in [0.25, 0.3) is 0 Å². The van der Waals surface area contributed by atoms with Gasteiger partial charge in [0.15, 0.2) is 0 Å². The Labute approximate surface area is 74.9 Å². The summed E-state index contributed by atoms with van der Waals surface area (Å²) in [6.45, 7) is 11.4. The third-order valence-electron chi connectivity index (χ3n) is 2.13. The monoisotopic (exact) mass is 172 g/mol. The Hall–Kier alpha value is -0.340. The summed E-state index contributed by atoms with van der Waals surface area (Å²) in [5.74, 6) is 0.281. The minimum atomic E-state index is -0.787. The number of hydrogen-bond donors (Lipinski definition) is 2. The van der Waals surface area contributed by atoms with Crippen LogP contribution in [0.4, 0.5) is 0 Å². The van der Waals surface area contributed by atoms with Gasteiger partial charge in [-0.3, -0.25) is 0 Å². The van der Waals surface area contributed by atoms with Crippen molar-refractivity contribution >= 4 is 0 Å². The van der Waals surface area contributed by atoms with Crippen molar-refractivity contribution in [3.05, 3.63) is 12.2 Å². The van der Waals surface area contributed by atoms with Crippen LogP contribution in [-0.4, -0.2) is 22.4 Å². The molecule has 12 heavy (non-hydrogen) atoms. The highest BCUT2D eigenvalue weighted by molar-refractivity contribution is 5.07. The average molecular weight is 172 g/mol. The Morgan fingerprint density at radius 2 is 1.50 bits per heavy atom. The molecule has 0 bridgehead atoms. The predicted molar refractivity (Wildman–Crippen MR) is 50.8 cm³/mol. The summed E-state index contributed by atoms with van der Waals surface area (Å²) in [4.78, 5) is 0. The molecule has 0 aromatic carbocycles. The molecule has 0 saturated heterocycles. The first-order valence-corrected chi connectivity index (χ1v) is 4.42. The highest BCUT2D eigenvalue weighted by atomic mass is 16.3. The van der Waals surface area contributed by atoms with E-state index in [-0.39, 0.29) is 11.8 Å². The molecule has 0 aromatic heterocycles. The summed E-state index contributed by atoms with van der Waals surface area (Å²) < 4.78 is 0. The molecule has 2 heteroatoms. The fraction of sp³-hybridized carbons (Fsp3) is 0.800. The fourth-order valence-electron chi connectivity index (χ4n) is 0.925. The summed E-state index contributed by atoms with van der Waals surface area (Å²) in [5.41, 5.74) is 0.705. The molecule has 0 aliphatic carbocycles. The Bertz CT molecular complexity index is 150. The molecule has 0 aliphatic rings. The summed E-state index contributed by atoms with van der Waals surface area (Å²) >= 11 is 0. The van der Waals surface area contributed by atoms with Gasteiger partial charge in [-0.05, 0) is 17.4 Å². The van der Waals surface area contributed by atoms with Crippen LogP contribution < -0.4 is 0 Å². The number of aliphatic hydroxyl groups is 2. The highest BCUT2D eigenvalue weighted by Gasteiger charge is 2.23. The maximum atomic E-state index is 9.58. The van der Waals surface area contributed by atoms with Crippen molar-refractivity contribution in [2.75, 3.05) is 0 Å². The van der Waals surface area contributed by atoms with E-state index in [9.17, 15) is 10.2 Å². The zero-order chi connectivity index (χ0) is 9.89. The lowest BCUT2D eigenvalue weighted by Gasteiger charge is -2.24. The topological polar surface area (TPSA) is 40.5 Å². The minimum absolute atomic E-state index is 0.0653. The van der Waals surface area contributed by atoms with E-state index in [1.165, 1.54) is 0 Å². The van der Waals surface area contributed by atoms with Crippen LogP contribution in [0.1, 0.15) is 27.7 Å². The van der Waals surface area contributed by atoms with E-state index in [2.05, 4.69) is 6.58 Å². The number of rotatable bonds is 4. The van der Waals surface area contributed by atoms with Gasteiger partial charge in [0, 0.05) is 0 Å². The van der Waals surface area contributed by atoms with Crippen molar-refractivity contribution in [1.29, 1.82) is 0 Å². The molecule has 0 fully saturated rings. The molecular formula is C10H20O2. The number of hydrogen-bond acceptors (Lipinski definition) is 2. The van der Waals surface area contributed by atoms with Gasteiger partial charge < -0.3 is 10.2 Å². The molecule has 0 spiro atoms. The van der Waals surface area contributed by atoms with Gasteiger partial charge in [0.05, 0.1) is 6.10 Å². The van der Waals surface area contributed by atoms with Gasteiger partial charge in [-0.25, -0.2) is 0 Å². The van der Waals surface area contributed by atoms with E-state index >= 15 is 0 Å². The average Bonchev–Trinajstić information content (AvgIpc) is 2.00. The molecule has 0 amide bonds. The SMILES string of the molecule is C=C(C(C)C)[C@@H](O)[C@H](O)C(C)C. The maximum absolute atomic E-state index is 9.58. The minimum Gasteiger partial charge on any atom is -0.390 e. The van der Waals surface area contributed by atoms with Gasteiger partial charge >= 0.3 is 0 Å². The Balaban J connectivity index is 4.19. The Morgan fingerprint density at radius 3 is 1.75 bits per heavy atom. The Morgan fingerprint density at radius 1 is 1.08 bits per heavy atom. The van der Waals surface area contributed by atoms with Crippen molar-refractivity contribution in [3.8, 4) is 0 Å². The van der Waals surface area contributed by atoms with E-state index in [4.69, 9.17) is 0 Å². The van der Waals surface area contributed by atoms with Crippen LogP contribution in [0.5, 0.6) is 0 Å². The molecule has 72 valence electrons. The third-order valence-corrected chi connectivity index (χ3v) is 2.13. The predicted octanol–water partition coefficient (Wildman–Crippen LogP) is 1.58. The molecule has 2 N–H and O–H groups in total. The van der Waals surface area contributed by atoms with Crippen LogP contribution in [0.15, 0.2) is 12.2 Å². The van der Waals surface area contributed by atoms with Crippen LogP contribution in [0, 0.1) is 11.8 Å². The first-order chi connectivity index (χ1) is 5.37. The second-order valence-corrected chi connectivity index (χ2v) is 3.91. The van der Waals surface area contributed by atoms with E-state index in [1.807, 2.05) is 27.7 Å². The van der Waals surface area contributed by atoms with Crippen molar-refractivity contribution in [1.82, 2.24) is 0 Å². The first kappa shape index (κ1) is 11.7. The van der Waals surface area contributed by atoms with E-state index < -0.39 is 12.2 Å². The fourth-order valence-corrected chi connectivity index (χ4v) is 0.925. The highest BCUT2D eigenvalue weighted by Crippen LogP contribution is 2.18. The summed E-state index contributed by atoms with van der Waals surface area (Å²) in [5, 5.41) is 19.1. The molecule has 0 aromatic rings. The van der Waals surface area contributed by atoms with Gasteiger partial charge in [-0.2, -0.15) is 0 Å². The van der Waals surface area contributed by atoms with Crippen LogP contribution in [-0.2, 0) is 0 Å². The van der Waals surface area contributed by atoms with Gasteiger partial charge in [-0.15, -0.1) is 0 Å². The first-order valence-electron chi connectivity index (χ1n) is 4.42. The zero-order valence-corrected chi connectivity index (χ0v) is 8.41. The molecule has 0 heterocycles. The standard InChI is InChI=1S/C10H20O2/c1-6(2)8(5)10(12)9(11)7(3)4/h6-7,9-12H,5H2,1-4H3/t9-,10-/m1/s1. The van der Waals surface area contributed by atoms with Crippen LogP contribution >= 0.6 is 0 Å². The lowest BCUT2D eigenvalue weighted by molar-refractivity contribution is 0.00846. The lowest BCUT2D eigenvalue weighted by Crippen LogP contribution is -2.33. The molecule has 2 atom stereocenters. The van der Waals surface area contributed by atoms with Crippen LogP contribution in [0.25, 0.3) is 0 Å². The lowest BCUT2D eigenvalue weighted by atomic mass is 9.91. The molecule has 0 saturated carbocycles. The Kier molecular flexibility index (Phi) is 4.50. The molecule has 2 nitrogen and oxygen atoms in total. The molecule has 0 aliphatic heterocycles. The smallest absolute Gasteiger partial charge is 0.101 e. The second-order valence-electron chi connectivity index (χ2n) is 3.91. The number of aliphatic hydroxyl groups excluding tert-OH is 2. The van der Waals surface area contributed by atoms with Crippen LogP contribution in [0.3, 0.4) is 0 Å². The molecular weight excluding hydrogens is 152 g/mol. The van der Waals surface area contributed by atoms with Gasteiger partial charge in [-0.1, -0.05) is 34.3 Å². The maximum Gasteiger partial charge on any atom is 0.101 e. The summed E-state index contributed by atoms with van der Waals surface area (Å²) in [6.07, 6.45) is -1.48. The summed E-state index contributed by atoms with van der Waals surface area (Å²) in [6, 6.07) is 0. The van der Waals surface area contributed by atoms with Crippen molar-refractivity contribution < 1.29 is 10.2 Å². The largest absolute Gasteiger partial charge is 0.390 e.